The van der Waals surface area contributed by atoms with Crippen LogP contribution in [0.4, 0.5) is 5.69 Å². The largest absolute Gasteiger partial charge is 0.311 e. The second-order valence-corrected chi connectivity index (χ2v) is 8.91. The van der Waals surface area contributed by atoms with Gasteiger partial charge in [0.15, 0.2) is 0 Å². The topological polar surface area (TPSA) is 20.3 Å². The van der Waals surface area contributed by atoms with Crippen LogP contribution >= 0.6 is 15.9 Å². The zero-order chi connectivity index (χ0) is 18.2. The lowest BCUT2D eigenvalue weighted by molar-refractivity contribution is -0.116. The van der Waals surface area contributed by atoms with Crippen molar-refractivity contribution in [3.8, 4) is 0 Å². The summed E-state index contributed by atoms with van der Waals surface area (Å²) in [4.78, 5) is 14.1. The highest BCUT2D eigenvalue weighted by atomic mass is 79.9. The van der Waals surface area contributed by atoms with Crippen LogP contribution < -0.4 is 4.90 Å². The number of halogens is 1. The molecule has 0 radical (unpaired) electrons. The Labute approximate surface area is 159 Å². The molecule has 0 aromatic heterocycles. The van der Waals surface area contributed by atoms with Crippen molar-refractivity contribution < 1.29 is 4.79 Å². The fourth-order valence-corrected chi connectivity index (χ4v) is 4.64. The molecule has 0 spiro atoms. The van der Waals surface area contributed by atoms with Crippen molar-refractivity contribution in [2.45, 2.75) is 46.5 Å². The van der Waals surface area contributed by atoms with Crippen molar-refractivity contribution in [3.63, 3.8) is 0 Å². The maximum atomic E-state index is 12.2. The van der Waals surface area contributed by atoms with E-state index >= 15 is 0 Å². The first-order chi connectivity index (χ1) is 11.8. The van der Waals surface area contributed by atoms with Gasteiger partial charge in [-0.15, -0.1) is 0 Å². The highest BCUT2D eigenvalue weighted by Crippen LogP contribution is 2.48. The minimum atomic E-state index is 0.116. The standard InChI is InChI=1S/C22H26BrNO/c1-15(25)24-11-10-19(22(2,3)4)18-13-17(14-20(23)21(18)24)12-16-8-6-5-7-9-16/h5-9,13-14,19H,10-12H2,1-4H3. The van der Waals surface area contributed by atoms with E-state index in [1.165, 1.54) is 16.7 Å². The van der Waals surface area contributed by atoms with Gasteiger partial charge in [-0.3, -0.25) is 4.79 Å². The number of rotatable bonds is 2. The summed E-state index contributed by atoms with van der Waals surface area (Å²) in [5, 5.41) is 0. The average molecular weight is 400 g/mol. The first-order valence-corrected chi connectivity index (χ1v) is 9.71. The SMILES string of the molecule is CC(=O)N1CCC(C(C)(C)C)c2cc(Cc3ccccc3)cc(Br)c21. The third-order valence-corrected chi connectivity index (χ3v) is 5.72. The van der Waals surface area contributed by atoms with E-state index in [1.807, 2.05) is 11.0 Å². The number of benzene rings is 2. The predicted molar refractivity (Wildman–Crippen MR) is 108 cm³/mol. The van der Waals surface area contributed by atoms with Gasteiger partial charge in [-0.1, -0.05) is 57.2 Å². The molecular weight excluding hydrogens is 374 g/mol. The first-order valence-electron chi connectivity index (χ1n) is 8.91. The van der Waals surface area contributed by atoms with Crippen LogP contribution in [0.1, 0.15) is 56.7 Å². The van der Waals surface area contributed by atoms with Gasteiger partial charge < -0.3 is 4.90 Å². The Hall–Kier alpha value is -1.61. The summed E-state index contributed by atoms with van der Waals surface area (Å²) in [7, 11) is 0. The van der Waals surface area contributed by atoms with Crippen molar-refractivity contribution in [2.24, 2.45) is 5.41 Å². The van der Waals surface area contributed by atoms with E-state index in [0.29, 0.717) is 5.92 Å². The molecule has 1 amide bonds. The van der Waals surface area contributed by atoms with Gasteiger partial charge in [0.25, 0.3) is 0 Å². The van der Waals surface area contributed by atoms with Crippen LogP contribution in [0.25, 0.3) is 0 Å². The first kappa shape index (κ1) is 18.2. The van der Waals surface area contributed by atoms with E-state index in [2.05, 4.69) is 73.1 Å². The molecule has 0 saturated carbocycles. The van der Waals surface area contributed by atoms with Gasteiger partial charge in [-0.25, -0.2) is 0 Å². The molecule has 0 saturated heterocycles. The molecule has 0 bridgehead atoms. The van der Waals surface area contributed by atoms with E-state index in [4.69, 9.17) is 0 Å². The smallest absolute Gasteiger partial charge is 0.223 e. The molecule has 3 rings (SSSR count). The van der Waals surface area contributed by atoms with E-state index < -0.39 is 0 Å². The Morgan fingerprint density at radius 2 is 1.84 bits per heavy atom. The summed E-state index contributed by atoms with van der Waals surface area (Å²) in [5.41, 5.74) is 5.13. The molecule has 3 heteroatoms. The Bertz CT molecular complexity index is 777. The normalized spacial score (nSPS) is 17.3. The molecule has 1 aliphatic heterocycles. The van der Waals surface area contributed by atoms with Crippen LogP contribution in [0.2, 0.25) is 0 Å². The number of hydrogen-bond donors (Lipinski definition) is 0. The number of carbonyl (C=O) groups excluding carboxylic acids is 1. The summed E-state index contributed by atoms with van der Waals surface area (Å²) in [6, 6.07) is 15.0. The van der Waals surface area contributed by atoms with E-state index in [0.717, 1.165) is 29.5 Å². The van der Waals surface area contributed by atoms with Crippen molar-refractivity contribution in [2.75, 3.05) is 11.4 Å². The summed E-state index contributed by atoms with van der Waals surface area (Å²) in [6.07, 6.45) is 1.92. The van der Waals surface area contributed by atoms with Crippen LogP contribution in [0.3, 0.4) is 0 Å². The van der Waals surface area contributed by atoms with Gasteiger partial charge in [0, 0.05) is 17.9 Å². The fraction of sp³-hybridized carbons (Fsp3) is 0.409. The monoisotopic (exact) mass is 399 g/mol. The number of amides is 1. The zero-order valence-corrected chi connectivity index (χ0v) is 17.1. The molecule has 2 nitrogen and oxygen atoms in total. The Kier molecular flexibility index (Phi) is 5.06. The lowest BCUT2D eigenvalue weighted by atomic mass is 9.72. The highest BCUT2D eigenvalue weighted by Gasteiger charge is 2.35. The molecule has 1 heterocycles. The summed E-state index contributed by atoms with van der Waals surface area (Å²) in [6.45, 7) is 9.33. The molecule has 0 fully saturated rings. The molecule has 1 unspecified atom stereocenters. The third kappa shape index (κ3) is 3.82. The molecule has 2 aromatic rings. The lowest BCUT2D eigenvalue weighted by Gasteiger charge is -2.41. The lowest BCUT2D eigenvalue weighted by Crippen LogP contribution is -2.38. The number of anilines is 1. The minimum Gasteiger partial charge on any atom is -0.311 e. The third-order valence-electron chi connectivity index (χ3n) is 5.12. The molecular formula is C22H26BrNO. The number of hydrogen-bond acceptors (Lipinski definition) is 1. The average Bonchev–Trinajstić information content (AvgIpc) is 2.53. The van der Waals surface area contributed by atoms with Gasteiger partial charge in [0.05, 0.1) is 5.69 Å². The fourth-order valence-electron chi connectivity index (χ4n) is 3.90. The molecule has 132 valence electrons. The van der Waals surface area contributed by atoms with Crippen molar-refractivity contribution in [3.05, 3.63) is 63.6 Å². The molecule has 0 aliphatic carbocycles. The van der Waals surface area contributed by atoms with Crippen LogP contribution in [0.5, 0.6) is 0 Å². The molecule has 2 aromatic carbocycles. The van der Waals surface area contributed by atoms with E-state index in [-0.39, 0.29) is 11.3 Å². The van der Waals surface area contributed by atoms with Gasteiger partial charge in [0.2, 0.25) is 5.91 Å². The number of fused-ring (bicyclic) bond motifs is 1. The van der Waals surface area contributed by atoms with Crippen molar-refractivity contribution in [1.82, 2.24) is 0 Å². The summed E-state index contributed by atoms with van der Waals surface area (Å²) >= 11 is 3.76. The molecule has 1 aliphatic rings. The predicted octanol–water partition coefficient (Wildman–Crippen LogP) is 5.93. The Morgan fingerprint density at radius 1 is 1.16 bits per heavy atom. The minimum absolute atomic E-state index is 0.116. The second-order valence-electron chi connectivity index (χ2n) is 8.06. The summed E-state index contributed by atoms with van der Waals surface area (Å²) < 4.78 is 1.03. The number of carbonyl (C=O) groups is 1. The maximum absolute atomic E-state index is 12.2. The molecule has 0 N–H and O–H groups in total. The number of nitrogens with zero attached hydrogens (tertiary/aromatic N) is 1. The van der Waals surface area contributed by atoms with Crippen molar-refractivity contribution >= 4 is 27.5 Å². The van der Waals surface area contributed by atoms with E-state index in [1.54, 1.807) is 6.92 Å². The van der Waals surface area contributed by atoms with E-state index in [9.17, 15) is 4.79 Å². The van der Waals surface area contributed by atoms with Gasteiger partial charge in [0.1, 0.15) is 0 Å². The quantitative estimate of drug-likeness (QED) is 0.612. The van der Waals surface area contributed by atoms with Crippen LogP contribution in [-0.2, 0) is 11.2 Å². The van der Waals surface area contributed by atoms with Crippen LogP contribution in [0, 0.1) is 5.41 Å². The molecule has 25 heavy (non-hydrogen) atoms. The van der Waals surface area contributed by atoms with Crippen LogP contribution in [0.15, 0.2) is 46.9 Å². The van der Waals surface area contributed by atoms with Gasteiger partial charge in [-0.2, -0.15) is 0 Å². The second kappa shape index (κ2) is 6.95. The maximum Gasteiger partial charge on any atom is 0.223 e. The Balaban J connectivity index is 2.09. The van der Waals surface area contributed by atoms with Crippen molar-refractivity contribution in [1.29, 1.82) is 0 Å². The van der Waals surface area contributed by atoms with Crippen LogP contribution in [-0.4, -0.2) is 12.5 Å². The molecule has 1 atom stereocenters. The summed E-state index contributed by atoms with van der Waals surface area (Å²) in [5.74, 6) is 0.565. The van der Waals surface area contributed by atoms with Gasteiger partial charge >= 0.3 is 0 Å². The zero-order valence-electron chi connectivity index (χ0n) is 15.5. The highest BCUT2D eigenvalue weighted by molar-refractivity contribution is 9.10. The van der Waals surface area contributed by atoms with Gasteiger partial charge in [-0.05, 0) is 62.9 Å². The Morgan fingerprint density at radius 3 is 2.44 bits per heavy atom.